The van der Waals surface area contributed by atoms with Gasteiger partial charge in [-0.1, -0.05) is 0 Å². The second kappa shape index (κ2) is 10.2. The van der Waals surface area contributed by atoms with Crippen LogP contribution in [-0.2, 0) is 9.59 Å². The number of carbonyl (C=O) groups excluding carboxylic acids is 2. The summed E-state index contributed by atoms with van der Waals surface area (Å²) >= 11 is 0. The normalized spacial score (nSPS) is 30.2. The van der Waals surface area contributed by atoms with Gasteiger partial charge in [-0.2, -0.15) is 0 Å². The molecule has 4 saturated heterocycles. The molecule has 0 saturated carbocycles. The lowest BCUT2D eigenvalue weighted by atomic mass is 9.83. The predicted octanol–water partition coefficient (Wildman–Crippen LogP) is 4.38. The van der Waals surface area contributed by atoms with Crippen molar-refractivity contribution in [3.8, 4) is 0 Å². The molecule has 222 valence electrons. The molecule has 0 radical (unpaired) electrons. The van der Waals surface area contributed by atoms with Crippen LogP contribution in [0.4, 0.5) is 26.3 Å². The Morgan fingerprint density at radius 3 is 1.73 bits per heavy atom. The van der Waals surface area contributed by atoms with E-state index in [9.17, 15) is 35.9 Å². The number of hydrogen-bond donors (Lipinski definition) is 0. The summed E-state index contributed by atoms with van der Waals surface area (Å²) < 4.78 is 80.4. The highest BCUT2D eigenvalue weighted by Crippen LogP contribution is 2.49. The number of hydrogen-bond acceptors (Lipinski definition) is 6. The van der Waals surface area contributed by atoms with E-state index in [2.05, 4.69) is 9.97 Å². The summed E-state index contributed by atoms with van der Waals surface area (Å²) in [5.41, 5.74) is -2.35. The number of aromatic nitrogens is 2. The minimum Gasteiger partial charge on any atom is -0.272 e. The van der Waals surface area contributed by atoms with Crippen molar-refractivity contribution in [2.24, 2.45) is 10.8 Å². The molecular weight excluding hydrogens is 554 g/mol. The number of fused-ring (bicyclic) bond motifs is 2. The van der Waals surface area contributed by atoms with Crippen LogP contribution >= 0.6 is 0 Å². The monoisotopic (exact) mass is 584 g/mol. The molecular formula is C27H30F6N6O2. The molecule has 4 aliphatic heterocycles. The van der Waals surface area contributed by atoms with E-state index in [1.807, 2.05) is 0 Å². The molecule has 0 spiro atoms. The third-order valence-corrected chi connectivity index (χ3v) is 8.58. The number of pyridine rings is 2. The molecule has 14 heteroatoms. The number of carbonyl (C=O) groups is 2. The van der Waals surface area contributed by atoms with Crippen LogP contribution in [-0.4, -0.2) is 80.3 Å². The van der Waals surface area contributed by atoms with Crippen molar-refractivity contribution in [3.63, 3.8) is 0 Å². The highest BCUT2D eigenvalue weighted by molar-refractivity contribution is 5.86. The summed E-state index contributed by atoms with van der Waals surface area (Å²) in [5, 5.41) is 5.97. The fourth-order valence-corrected chi connectivity index (χ4v) is 5.97. The molecule has 2 aromatic heterocycles. The molecule has 0 aromatic carbocycles. The number of hydrazine groups is 2. The van der Waals surface area contributed by atoms with Crippen LogP contribution in [0.15, 0.2) is 36.9 Å². The van der Waals surface area contributed by atoms with E-state index in [1.54, 1.807) is 10.0 Å². The summed E-state index contributed by atoms with van der Waals surface area (Å²) in [7, 11) is 0. The van der Waals surface area contributed by atoms with E-state index < -0.39 is 58.7 Å². The van der Waals surface area contributed by atoms with Crippen molar-refractivity contribution in [2.45, 2.75) is 58.0 Å². The van der Waals surface area contributed by atoms with Gasteiger partial charge in [-0.05, 0) is 49.9 Å². The standard InChI is InChI=1S/C14H16F3N3O.C13H14F3N3O/c1-13(14(2,16)17)8-19-4-3-11(20(19)12(13)21)9-5-10(15)7-18-6-9;1-13(11(15)16)7-18-3-2-10(19(18)12(13)20)8-4-9(14)6-17-5-8/h5-7,11H,3-4,8H2,1-2H3;4-6,10-11H,2-3,7H2,1H3. The Labute approximate surface area is 232 Å². The third kappa shape index (κ3) is 4.84. The van der Waals surface area contributed by atoms with Crippen LogP contribution in [0.25, 0.3) is 0 Å². The van der Waals surface area contributed by atoms with E-state index in [1.165, 1.54) is 48.4 Å². The average Bonchev–Trinajstić information content (AvgIpc) is 3.62. The van der Waals surface area contributed by atoms with Crippen molar-refractivity contribution in [3.05, 3.63) is 59.7 Å². The van der Waals surface area contributed by atoms with Gasteiger partial charge in [0.25, 0.3) is 24.2 Å². The van der Waals surface area contributed by atoms with Gasteiger partial charge in [0.1, 0.15) is 22.5 Å². The van der Waals surface area contributed by atoms with E-state index >= 15 is 0 Å². The van der Waals surface area contributed by atoms with Gasteiger partial charge in [0, 0.05) is 45.5 Å². The van der Waals surface area contributed by atoms with Crippen LogP contribution in [0, 0.1) is 22.5 Å². The maximum Gasteiger partial charge on any atom is 0.260 e. The van der Waals surface area contributed by atoms with Crippen molar-refractivity contribution >= 4 is 11.8 Å². The van der Waals surface area contributed by atoms with Crippen LogP contribution in [0.2, 0.25) is 0 Å². The molecule has 6 heterocycles. The highest BCUT2D eigenvalue weighted by atomic mass is 19.3. The second-order valence-corrected chi connectivity index (χ2v) is 11.5. The molecule has 4 fully saturated rings. The molecule has 4 aliphatic rings. The maximum atomic E-state index is 13.8. The number of alkyl halides is 4. The largest absolute Gasteiger partial charge is 0.272 e. The molecule has 0 aliphatic carbocycles. The lowest BCUT2D eigenvalue weighted by Gasteiger charge is -2.29. The number of amides is 2. The Kier molecular flexibility index (Phi) is 7.29. The highest BCUT2D eigenvalue weighted by Gasteiger charge is 2.62. The van der Waals surface area contributed by atoms with E-state index in [4.69, 9.17) is 0 Å². The number of rotatable bonds is 4. The van der Waals surface area contributed by atoms with Gasteiger partial charge in [-0.25, -0.2) is 36.4 Å². The Hall–Kier alpha value is -3.26. The van der Waals surface area contributed by atoms with Gasteiger partial charge in [0.15, 0.2) is 0 Å². The Bertz CT molecular complexity index is 1340. The second-order valence-electron chi connectivity index (χ2n) is 11.5. The summed E-state index contributed by atoms with van der Waals surface area (Å²) in [4.78, 5) is 32.4. The van der Waals surface area contributed by atoms with Gasteiger partial charge in [0.05, 0.1) is 24.5 Å². The van der Waals surface area contributed by atoms with E-state index in [0.29, 0.717) is 37.1 Å². The quantitative estimate of drug-likeness (QED) is 0.497. The Morgan fingerprint density at radius 1 is 0.829 bits per heavy atom. The fourth-order valence-electron chi connectivity index (χ4n) is 5.97. The minimum atomic E-state index is -3.11. The first-order chi connectivity index (χ1) is 19.2. The molecule has 4 atom stereocenters. The molecule has 6 rings (SSSR count). The smallest absolute Gasteiger partial charge is 0.260 e. The molecule has 0 bridgehead atoms. The Balaban J connectivity index is 0.000000165. The zero-order chi connectivity index (χ0) is 29.9. The van der Waals surface area contributed by atoms with Crippen molar-refractivity contribution < 1.29 is 35.9 Å². The zero-order valence-electron chi connectivity index (χ0n) is 22.7. The first-order valence-corrected chi connectivity index (χ1v) is 13.2. The lowest BCUT2D eigenvalue weighted by Crippen LogP contribution is -2.45. The van der Waals surface area contributed by atoms with Gasteiger partial charge < -0.3 is 0 Å². The summed E-state index contributed by atoms with van der Waals surface area (Å²) in [6.07, 6.45) is 3.56. The van der Waals surface area contributed by atoms with Crippen LogP contribution < -0.4 is 0 Å². The van der Waals surface area contributed by atoms with E-state index in [0.717, 1.165) is 19.3 Å². The fraction of sp³-hybridized carbons (Fsp3) is 0.556. The van der Waals surface area contributed by atoms with Gasteiger partial charge in [-0.15, -0.1) is 0 Å². The molecule has 4 unspecified atom stereocenters. The summed E-state index contributed by atoms with van der Waals surface area (Å²) in [6, 6.07) is 1.76. The number of nitrogens with zero attached hydrogens (tertiary/aromatic N) is 6. The maximum absolute atomic E-state index is 13.8. The average molecular weight is 585 g/mol. The zero-order valence-corrected chi connectivity index (χ0v) is 22.7. The van der Waals surface area contributed by atoms with Gasteiger partial charge in [-0.3, -0.25) is 29.6 Å². The topological polar surface area (TPSA) is 72.9 Å². The van der Waals surface area contributed by atoms with Gasteiger partial charge in [0.2, 0.25) is 0 Å². The minimum absolute atomic E-state index is 0.00272. The van der Waals surface area contributed by atoms with Crippen molar-refractivity contribution in [2.75, 3.05) is 26.2 Å². The lowest BCUT2D eigenvalue weighted by molar-refractivity contribution is -0.157. The van der Waals surface area contributed by atoms with Crippen LogP contribution in [0.1, 0.15) is 56.8 Å². The van der Waals surface area contributed by atoms with Crippen LogP contribution in [0.5, 0.6) is 0 Å². The molecule has 0 N–H and O–H groups in total. The van der Waals surface area contributed by atoms with Crippen LogP contribution in [0.3, 0.4) is 0 Å². The number of halogens is 6. The SMILES string of the molecule is CC(F)(F)C1(C)CN2CCC(c3cncc(F)c3)N2C1=O.CC1(C(F)F)CN2CCC(c3cncc(F)c3)N2C1=O. The first-order valence-electron chi connectivity index (χ1n) is 13.2. The summed E-state index contributed by atoms with van der Waals surface area (Å²) in [6.45, 7) is 4.33. The molecule has 2 aromatic rings. The van der Waals surface area contributed by atoms with E-state index in [-0.39, 0.29) is 13.1 Å². The Morgan fingerprint density at radius 2 is 1.29 bits per heavy atom. The van der Waals surface area contributed by atoms with Gasteiger partial charge >= 0.3 is 0 Å². The van der Waals surface area contributed by atoms with Crippen molar-refractivity contribution in [1.29, 1.82) is 0 Å². The molecule has 41 heavy (non-hydrogen) atoms. The first kappa shape index (κ1) is 29.2. The molecule has 2 amide bonds. The summed E-state index contributed by atoms with van der Waals surface area (Å²) in [5.74, 6) is -5.31. The van der Waals surface area contributed by atoms with Crippen molar-refractivity contribution in [1.82, 2.24) is 30.0 Å². The molecule has 8 nitrogen and oxygen atoms in total. The third-order valence-electron chi connectivity index (χ3n) is 8.58. The predicted molar refractivity (Wildman–Crippen MR) is 133 cm³/mol.